The van der Waals surface area contributed by atoms with Crippen LogP contribution < -0.4 is 4.90 Å². The Morgan fingerprint density at radius 1 is 1.13 bits per heavy atom. The Kier molecular flexibility index (Phi) is 8.20. The van der Waals surface area contributed by atoms with Crippen molar-refractivity contribution in [2.45, 2.75) is 71.9 Å². The fraction of sp³-hybridized carbons (Fsp3) is 0.720. The molecule has 30 heavy (non-hydrogen) atoms. The molecule has 1 saturated carbocycles. The zero-order valence-electron chi connectivity index (χ0n) is 18.9. The number of halogens is 2. The largest absolute Gasteiger partial charge is 0.312 e. The Morgan fingerprint density at radius 3 is 2.40 bits per heavy atom. The van der Waals surface area contributed by atoms with Crippen molar-refractivity contribution in [3.8, 4) is 0 Å². The average molecular weight is 437 g/mol. The molecule has 1 aromatic carbocycles. The van der Waals surface area contributed by atoms with Crippen LogP contribution in [0, 0.1) is 17.3 Å². The summed E-state index contributed by atoms with van der Waals surface area (Å²) >= 11 is 6.07. The Hall–Kier alpha value is -1.13. The monoisotopic (exact) mass is 436 g/mol. The minimum Gasteiger partial charge on any atom is -0.312 e. The number of piperidine rings is 1. The molecular formula is C25H38ClFN2O. The van der Waals surface area contributed by atoms with E-state index in [4.69, 9.17) is 11.6 Å². The maximum atomic E-state index is 15.2. The number of alkyl halides is 1. The third kappa shape index (κ3) is 6.68. The first-order chi connectivity index (χ1) is 14.2. The molecule has 0 N–H and O–H groups in total. The highest BCUT2D eigenvalue weighted by Crippen LogP contribution is 2.31. The number of hydrogen-bond donors (Lipinski definition) is 0. The molecule has 2 fully saturated rings. The fourth-order valence-corrected chi connectivity index (χ4v) is 4.79. The highest BCUT2D eigenvalue weighted by atomic mass is 35.5. The van der Waals surface area contributed by atoms with Gasteiger partial charge in [0.15, 0.2) is 0 Å². The summed E-state index contributed by atoms with van der Waals surface area (Å²) in [7, 11) is 0. The van der Waals surface area contributed by atoms with Gasteiger partial charge in [0.05, 0.1) is 0 Å². The van der Waals surface area contributed by atoms with Crippen LogP contribution in [-0.2, 0) is 4.79 Å². The van der Waals surface area contributed by atoms with Gasteiger partial charge in [-0.1, -0.05) is 51.6 Å². The molecule has 3 nitrogen and oxygen atoms in total. The lowest BCUT2D eigenvalue weighted by atomic mass is 9.87. The number of anilines is 1. The Bertz CT molecular complexity index is 681. The molecule has 1 heterocycles. The van der Waals surface area contributed by atoms with Crippen LogP contribution in [0.25, 0.3) is 0 Å². The van der Waals surface area contributed by atoms with Crippen molar-refractivity contribution in [1.82, 2.24) is 4.90 Å². The zero-order valence-corrected chi connectivity index (χ0v) is 19.6. The summed E-state index contributed by atoms with van der Waals surface area (Å²) < 4.78 is 15.2. The summed E-state index contributed by atoms with van der Waals surface area (Å²) in [5.41, 5.74) is 1.11. The van der Waals surface area contributed by atoms with Crippen molar-refractivity contribution in [2.24, 2.45) is 17.3 Å². The van der Waals surface area contributed by atoms with Gasteiger partial charge in [0.25, 0.3) is 0 Å². The van der Waals surface area contributed by atoms with E-state index in [0.717, 1.165) is 57.3 Å². The minimum atomic E-state index is -0.896. The van der Waals surface area contributed by atoms with Gasteiger partial charge in [-0.15, -0.1) is 0 Å². The molecule has 168 valence electrons. The smallest absolute Gasteiger partial charge is 0.230 e. The van der Waals surface area contributed by atoms with E-state index in [1.165, 1.54) is 6.42 Å². The summed E-state index contributed by atoms with van der Waals surface area (Å²) in [6.07, 6.45) is 6.32. The molecule has 0 spiro atoms. The van der Waals surface area contributed by atoms with E-state index < -0.39 is 6.17 Å². The minimum absolute atomic E-state index is 0.0689. The van der Waals surface area contributed by atoms with Crippen molar-refractivity contribution in [3.63, 3.8) is 0 Å². The second-order valence-electron chi connectivity index (χ2n) is 10.4. The summed E-state index contributed by atoms with van der Waals surface area (Å²) in [6, 6.07) is 7.43. The maximum Gasteiger partial charge on any atom is 0.230 e. The third-order valence-corrected chi connectivity index (χ3v) is 6.97. The number of amides is 1. The molecule has 5 heteroatoms. The highest BCUT2D eigenvalue weighted by molar-refractivity contribution is 6.30. The van der Waals surface area contributed by atoms with Crippen molar-refractivity contribution < 1.29 is 9.18 Å². The van der Waals surface area contributed by atoms with Crippen LogP contribution in [0.3, 0.4) is 0 Å². The lowest BCUT2D eigenvalue weighted by Crippen LogP contribution is -2.48. The molecule has 1 aromatic rings. The summed E-state index contributed by atoms with van der Waals surface area (Å²) in [4.78, 5) is 17.5. The van der Waals surface area contributed by atoms with Gasteiger partial charge < -0.3 is 9.80 Å². The molecule has 3 rings (SSSR count). The highest BCUT2D eigenvalue weighted by Gasteiger charge is 2.34. The van der Waals surface area contributed by atoms with Gasteiger partial charge in [-0.2, -0.15) is 0 Å². The number of likely N-dealkylation sites (tertiary alicyclic amines) is 1. The Labute approximate surface area is 187 Å². The summed E-state index contributed by atoms with van der Waals surface area (Å²) in [5, 5.41) is 0.652. The molecular weight excluding hydrogens is 399 g/mol. The quantitative estimate of drug-likeness (QED) is 0.518. The van der Waals surface area contributed by atoms with E-state index in [1.54, 1.807) is 0 Å². The molecule has 1 saturated heterocycles. The second-order valence-corrected chi connectivity index (χ2v) is 10.9. The first kappa shape index (κ1) is 23.5. The van der Waals surface area contributed by atoms with E-state index in [-0.39, 0.29) is 23.2 Å². The van der Waals surface area contributed by atoms with E-state index in [9.17, 15) is 4.79 Å². The van der Waals surface area contributed by atoms with E-state index in [1.807, 2.05) is 29.2 Å². The number of nitrogens with zero attached hydrogens (tertiary/aromatic N) is 2. The van der Waals surface area contributed by atoms with Crippen LogP contribution in [0.1, 0.15) is 65.7 Å². The number of rotatable bonds is 6. The maximum absolute atomic E-state index is 15.2. The SMILES string of the molecule is CC(C)(C)CCN1CCC(CN(C(=O)C2CCCCC2)c2ccc(Cl)cc2)C(F)C1. The summed E-state index contributed by atoms with van der Waals surface area (Å²) in [6.45, 7) is 9.48. The van der Waals surface area contributed by atoms with Gasteiger partial charge in [-0.3, -0.25) is 4.79 Å². The van der Waals surface area contributed by atoms with Crippen molar-refractivity contribution >= 4 is 23.2 Å². The van der Waals surface area contributed by atoms with Crippen LogP contribution in [-0.4, -0.2) is 43.2 Å². The standard InChI is InChI=1S/C25H38ClFN2O/c1-25(2,3)14-16-28-15-13-20(23(27)18-28)17-29(22-11-9-21(26)10-12-22)24(30)19-7-5-4-6-8-19/h9-12,19-20,23H,4-8,13-18H2,1-3H3. The topological polar surface area (TPSA) is 23.6 Å². The van der Waals surface area contributed by atoms with Crippen LogP contribution in [0.4, 0.5) is 10.1 Å². The normalized spacial score (nSPS) is 24.0. The molecule has 0 bridgehead atoms. The first-order valence-electron chi connectivity index (χ1n) is 11.7. The van der Waals surface area contributed by atoms with Gasteiger partial charge in [-0.05, 0) is 68.5 Å². The van der Waals surface area contributed by atoms with Gasteiger partial charge in [0.1, 0.15) is 6.17 Å². The van der Waals surface area contributed by atoms with Crippen LogP contribution in [0.15, 0.2) is 24.3 Å². The first-order valence-corrected chi connectivity index (χ1v) is 12.0. The summed E-state index contributed by atoms with van der Waals surface area (Å²) in [5.74, 6) is 0.123. The molecule has 2 unspecified atom stereocenters. The van der Waals surface area contributed by atoms with Crippen LogP contribution in [0.2, 0.25) is 5.02 Å². The van der Waals surface area contributed by atoms with Crippen LogP contribution >= 0.6 is 11.6 Å². The second kappa shape index (κ2) is 10.5. The van der Waals surface area contributed by atoms with Gasteiger partial charge in [-0.25, -0.2) is 4.39 Å². The molecule has 1 aliphatic carbocycles. The fourth-order valence-electron chi connectivity index (χ4n) is 4.67. The molecule has 2 atom stereocenters. The molecule has 1 aliphatic heterocycles. The third-order valence-electron chi connectivity index (χ3n) is 6.71. The number of hydrogen-bond acceptors (Lipinski definition) is 2. The lowest BCUT2D eigenvalue weighted by Gasteiger charge is -2.39. The van der Waals surface area contributed by atoms with E-state index in [0.29, 0.717) is 18.1 Å². The molecule has 0 radical (unpaired) electrons. The number of benzene rings is 1. The number of carbonyl (C=O) groups excluding carboxylic acids is 1. The average Bonchev–Trinajstić information content (AvgIpc) is 2.72. The Balaban J connectivity index is 1.67. The molecule has 2 aliphatic rings. The van der Waals surface area contributed by atoms with E-state index >= 15 is 4.39 Å². The van der Waals surface area contributed by atoms with Crippen molar-refractivity contribution in [2.75, 3.05) is 31.1 Å². The van der Waals surface area contributed by atoms with Crippen molar-refractivity contribution in [3.05, 3.63) is 29.3 Å². The van der Waals surface area contributed by atoms with Gasteiger partial charge >= 0.3 is 0 Å². The Morgan fingerprint density at radius 2 is 1.80 bits per heavy atom. The predicted molar refractivity (Wildman–Crippen MR) is 124 cm³/mol. The molecule has 0 aromatic heterocycles. The molecule has 1 amide bonds. The zero-order chi connectivity index (χ0) is 21.7. The van der Waals surface area contributed by atoms with Gasteiger partial charge in [0, 0.05) is 35.6 Å². The predicted octanol–water partition coefficient (Wildman–Crippen LogP) is 6.35. The van der Waals surface area contributed by atoms with E-state index in [2.05, 4.69) is 25.7 Å². The van der Waals surface area contributed by atoms with Gasteiger partial charge in [0.2, 0.25) is 5.91 Å². The number of carbonyl (C=O) groups is 1. The van der Waals surface area contributed by atoms with Crippen molar-refractivity contribution in [1.29, 1.82) is 0 Å². The lowest BCUT2D eigenvalue weighted by molar-refractivity contribution is -0.123. The van der Waals surface area contributed by atoms with Crippen LogP contribution in [0.5, 0.6) is 0 Å².